The van der Waals surface area contributed by atoms with Crippen LogP contribution in [0.5, 0.6) is 0 Å². The fourth-order valence-corrected chi connectivity index (χ4v) is 6.98. The molecule has 1 saturated carbocycles. The van der Waals surface area contributed by atoms with Crippen LogP contribution in [-0.4, -0.2) is 90.0 Å². The summed E-state index contributed by atoms with van der Waals surface area (Å²) in [4.78, 5) is 41.3. The molecule has 11 heteroatoms. The zero-order valence-electron chi connectivity index (χ0n) is 26.9. The highest BCUT2D eigenvalue weighted by Gasteiger charge is 2.46. The SMILES string of the molecule is CC(=O)N[C@H](C(=O)N[C@@H](Cc1ccccc1)[C@H](O)CN1CC2CCCCC2C[C@H]1C(=O)NC(C)(C)C)C(C)(C)S(C)(=O)=O. The first-order valence-corrected chi connectivity index (χ1v) is 17.3. The van der Waals surface area contributed by atoms with Crippen molar-refractivity contribution in [2.24, 2.45) is 11.8 Å². The molecule has 43 heavy (non-hydrogen) atoms. The molecule has 1 aromatic carbocycles. The topological polar surface area (TPSA) is 145 Å². The molecule has 0 aromatic heterocycles. The lowest BCUT2D eigenvalue weighted by Crippen LogP contribution is -2.64. The first kappa shape index (κ1) is 35.0. The third kappa shape index (κ3) is 9.49. The van der Waals surface area contributed by atoms with Crippen LogP contribution in [0.2, 0.25) is 0 Å². The molecule has 3 rings (SSSR count). The summed E-state index contributed by atoms with van der Waals surface area (Å²) < 4.78 is 23.7. The van der Waals surface area contributed by atoms with Crippen molar-refractivity contribution < 1.29 is 27.9 Å². The van der Waals surface area contributed by atoms with Gasteiger partial charge in [0.1, 0.15) is 6.04 Å². The third-order valence-electron chi connectivity index (χ3n) is 9.08. The number of hydrogen-bond acceptors (Lipinski definition) is 7. The van der Waals surface area contributed by atoms with Crippen molar-refractivity contribution in [3.8, 4) is 0 Å². The second kappa shape index (κ2) is 14.1. The molecular formula is C32H52N4O6S. The van der Waals surface area contributed by atoms with Crippen molar-refractivity contribution in [3.05, 3.63) is 35.9 Å². The number of benzene rings is 1. The highest BCUT2D eigenvalue weighted by Crippen LogP contribution is 2.39. The number of sulfone groups is 1. The van der Waals surface area contributed by atoms with E-state index in [2.05, 4.69) is 20.9 Å². The monoisotopic (exact) mass is 620 g/mol. The Morgan fingerprint density at radius 2 is 1.60 bits per heavy atom. The lowest BCUT2D eigenvalue weighted by Gasteiger charge is -2.47. The molecule has 1 aliphatic carbocycles. The van der Waals surface area contributed by atoms with Gasteiger partial charge in [0.2, 0.25) is 17.7 Å². The zero-order chi connectivity index (χ0) is 32.2. The van der Waals surface area contributed by atoms with Gasteiger partial charge in [-0.1, -0.05) is 49.6 Å². The van der Waals surface area contributed by atoms with Crippen molar-refractivity contribution in [1.82, 2.24) is 20.9 Å². The summed E-state index contributed by atoms with van der Waals surface area (Å²) in [7, 11) is -3.76. The molecule has 242 valence electrons. The van der Waals surface area contributed by atoms with Gasteiger partial charge >= 0.3 is 0 Å². The maximum atomic E-state index is 13.7. The summed E-state index contributed by atoms with van der Waals surface area (Å²) in [5.74, 6) is -0.387. The number of carbonyl (C=O) groups is 3. The second-order valence-electron chi connectivity index (χ2n) is 14.1. The van der Waals surface area contributed by atoms with Gasteiger partial charge in [-0.05, 0) is 71.3 Å². The quantitative estimate of drug-likeness (QED) is 0.297. The van der Waals surface area contributed by atoms with Crippen LogP contribution in [0.25, 0.3) is 0 Å². The van der Waals surface area contributed by atoms with Gasteiger partial charge in [-0.2, -0.15) is 0 Å². The fourth-order valence-electron chi connectivity index (χ4n) is 6.38. The van der Waals surface area contributed by atoms with Crippen molar-refractivity contribution in [3.63, 3.8) is 0 Å². The maximum Gasteiger partial charge on any atom is 0.244 e. The number of nitrogens with zero attached hydrogens (tertiary/aromatic N) is 1. The molecule has 2 unspecified atom stereocenters. The normalized spacial score (nSPS) is 23.8. The van der Waals surface area contributed by atoms with Crippen LogP contribution >= 0.6 is 0 Å². The highest BCUT2D eigenvalue weighted by molar-refractivity contribution is 7.92. The predicted octanol–water partition coefficient (Wildman–Crippen LogP) is 2.20. The maximum absolute atomic E-state index is 13.7. The lowest BCUT2D eigenvalue weighted by atomic mass is 9.72. The number of piperidine rings is 1. The Morgan fingerprint density at radius 3 is 2.16 bits per heavy atom. The van der Waals surface area contributed by atoms with E-state index < -0.39 is 56.2 Å². The molecule has 6 atom stereocenters. The largest absolute Gasteiger partial charge is 0.390 e. The van der Waals surface area contributed by atoms with Gasteiger partial charge in [-0.3, -0.25) is 19.3 Å². The molecule has 2 aliphatic rings. The third-order valence-corrected chi connectivity index (χ3v) is 11.2. The van der Waals surface area contributed by atoms with E-state index in [1.165, 1.54) is 27.2 Å². The molecule has 0 spiro atoms. The number of amides is 3. The first-order valence-electron chi connectivity index (χ1n) is 15.4. The minimum atomic E-state index is -3.76. The number of carbonyl (C=O) groups excluding carboxylic acids is 3. The summed E-state index contributed by atoms with van der Waals surface area (Å²) in [6, 6.07) is 6.81. The number of rotatable bonds is 11. The van der Waals surface area contributed by atoms with E-state index in [1.807, 2.05) is 51.1 Å². The summed E-state index contributed by atoms with van der Waals surface area (Å²) >= 11 is 0. The molecule has 1 saturated heterocycles. The van der Waals surface area contributed by atoms with Crippen LogP contribution in [0.3, 0.4) is 0 Å². The van der Waals surface area contributed by atoms with E-state index in [0.717, 1.165) is 37.5 Å². The Kier molecular flexibility index (Phi) is 11.4. The van der Waals surface area contributed by atoms with Gasteiger partial charge in [0.25, 0.3) is 0 Å². The van der Waals surface area contributed by atoms with Gasteiger partial charge < -0.3 is 21.1 Å². The van der Waals surface area contributed by atoms with E-state index in [-0.39, 0.29) is 18.9 Å². The molecule has 1 aliphatic heterocycles. The number of aliphatic hydroxyl groups is 1. The Balaban J connectivity index is 1.90. The van der Waals surface area contributed by atoms with Gasteiger partial charge in [0, 0.05) is 31.8 Å². The lowest BCUT2D eigenvalue weighted by molar-refractivity contribution is -0.133. The smallest absolute Gasteiger partial charge is 0.244 e. The van der Waals surface area contributed by atoms with E-state index >= 15 is 0 Å². The van der Waals surface area contributed by atoms with Crippen LogP contribution < -0.4 is 16.0 Å². The van der Waals surface area contributed by atoms with Crippen LogP contribution in [0, 0.1) is 11.8 Å². The Bertz CT molecular complexity index is 1230. The number of aliphatic hydroxyl groups excluding tert-OH is 1. The fraction of sp³-hybridized carbons (Fsp3) is 0.719. The first-order chi connectivity index (χ1) is 19.9. The zero-order valence-corrected chi connectivity index (χ0v) is 27.7. The highest BCUT2D eigenvalue weighted by atomic mass is 32.2. The molecule has 1 aromatic rings. The molecule has 0 radical (unpaired) electrons. The van der Waals surface area contributed by atoms with Crippen LogP contribution in [-0.2, 0) is 30.6 Å². The molecule has 10 nitrogen and oxygen atoms in total. The van der Waals surface area contributed by atoms with Gasteiger partial charge in [0.05, 0.1) is 22.9 Å². The summed E-state index contributed by atoms with van der Waals surface area (Å²) in [6.07, 6.45) is 5.48. The molecule has 0 bridgehead atoms. The van der Waals surface area contributed by atoms with E-state index in [0.29, 0.717) is 18.4 Å². The van der Waals surface area contributed by atoms with Crippen molar-refractivity contribution in [2.45, 2.75) is 115 Å². The Labute approximate surface area is 257 Å². The number of likely N-dealkylation sites (tertiary alicyclic amines) is 1. The minimum absolute atomic E-state index is 0.0620. The van der Waals surface area contributed by atoms with Crippen LogP contribution in [0.4, 0.5) is 0 Å². The summed E-state index contributed by atoms with van der Waals surface area (Å²) in [5, 5.41) is 20.3. The van der Waals surface area contributed by atoms with Crippen molar-refractivity contribution in [2.75, 3.05) is 19.3 Å². The van der Waals surface area contributed by atoms with Crippen molar-refractivity contribution >= 4 is 27.6 Å². The van der Waals surface area contributed by atoms with Gasteiger partial charge in [-0.15, -0.1) is 0 Å². The van der Waals surface area contributed by atoms with Crippen LogP contribution in [0.1, 0.15) is 79.2 Å². The van der Waals surface area contributed by atoms with Crippen molar-refractivity contribution in [1.29, 1.82) is 0 Å². The van der Waals surface area contributed by atoms with Gasteiger partial charge in [-0.25, -0.2) is 8.42 Å². The molecule has 2 fully saturated rings. The number of β-amino-alcohol motifs (C(OH)–C–C–N with tert-alkyl or cyclic N) is 1. The Morgan fingerprint density at radius 1 is 1.00 bits per heavy atom. The minimum Gasteiger partial charge on any atom is -0.390 e. The molecule has 1 heterocycles. The standard InChI is InChI=1S/C32H52N4O6S/c1-21(37)33-28(32(5,6)43(7,41)42)30(40)34-25(17-22-13-9-8-10-14-22)27(38)20-36-19-24-16-12-11-15-23(24)18-26(36)29(39)35-31(2,3)4/h8-10,13-14,23-28,38H,11-12,15-20H2,1-7H3,(H,33,37)(H,34,40)(H,35,39)/t23?,24?,25-,26-,27+,28+/m0/s1. The van der Waals surface area contributed by atoms with E-state index in [9.17, 15) is 27.9 Å². The Hall–Kier alpha value is -2.50. The second-order valence-corrected chi connectivity index (χ2v) is 16.7. The summed E-state index contributed by atoms with van der Waals surface area (Å²) in [6.45, 7) is 10.7. The number of fused-ring (bicyclic) bond motifs is 1. The van der Waals surface area contributed by atoms with Gasteiger partial charge in [0.15, 0.2) is 9.84 Å². The average Bonchev–Trinajstić information content (AvgIpc) is 2.89. The molecule has 3 amide bonds. The predicted molar refractivity (Wildman–Crippen MR) is 168 cm³/mol. The van der Waals surface area contributed by atoms with Crippen LogP contribution in [0.15, 0.2) is 30.3 Å². The average molecular weight is 621 g/mol. The summed E-state index contributed by atoms with van der Waals surface area (Å²) in [5.41, 5.74) is 0.470. The molecule has 4 N–H and O–H groups in total. The number of hydrogen-bond donors (Lipinski definition) is 4. The van der Waals surface area contributed by atoms with E-state index in [1.54, 1.807) is 0 Å². The molecular weight excluding hydrogens is 568 g/mol. The van der Waals surface area contributed by atoms with E-state index in [4.69, 9.17) is 0 Å². The number of nitrogens with one attached hydrogen (secondary N) is 3.